The quantitative estimate of drug-likeness (QED) is 0.869. The van der Waals surface area contributed by atoms with Gasteiger partial charge in [-0.2, -0.15) is 0 Å². The molecule has 0 aliphatic heterocycles. The normalized spacial score (nSPS) is 12.7. The second kappa shape index (κ2) is 5.69. The summed E-state index contributed by atoms with van der Waals surface area (Å²) in [4.78, 5) is 0. The first-order valence-electron chi connectivity index (χ1n) is 5.21. The molecule has 0 amide bonds. The van der Waals surface area contributed by atoms with Crippen molar-refractivity contribution in [3.05, 3.63) is 43.6 Å². The fourth-order valence-electron chi connectivity index (χ4n) is 1.85. The van der Waals surface area contributed by atoms with Crippen LogP contribution in [0.5, 0.6) is 0 Å². The zero-order valence-electron chi connectivity index (χ0n) is 9.78. The van der Waals surface area contributed by atoms with Crippen LogP contribution in [0.4, 0.5) is 0 Å². The van der Waals surface area contributed by atoms with E-state index in [1.165, 1.54) is 0 Å². The maximum Gasteiger partial charge on any atom is 0.153 e. The van der Waals surface area contributed by atoms with Crippen molar-refractivity contribution in [1.82, 2.24) is 20.3 Å². The highest BCUT2D eigenvalue weighted by atomic mass is 79.9. The van der Waals surface area contributed by atoms with Crippen molar-refractivity contribution >= 4 is 43.5 Å². The molecule has 0 radical (unpaired) electrons. The first kappa shape index (κ1) is 14.0. The van der Waals surface area contributed by atoms with Gasteiger partial charge in [0, 0.05) is 16.5 Å². The van der Waals surface area contributed by atoms with E-state index in [9.17, 15) is 0 Å². The number of nitrogens with zero attached hydrogens (tertiary/aromatic N) is 3. The summed E-state index contributed by atoms with van der Waals surface area (Å²) in [6.07, 6.45) is 0. The SMILES string of the molecule is CNC(c1cc(Cl)cc(Br)c1)c1c(Br)nnn1C. The third-order valence-electron chi connectivity index (χ3n) is 2.61. The van der Waals surface area contributed by atoms with E-state index in [0.29, 0.717) is 5.02 Å². The van der Waals surface area contributed by atoms with Gasteiger partial charge in [0.15, 0.2) is 4.60 Å². The molecule has 96 valence electrons. The second-order valence-corrected chi connectivity index (χ2v) is 5.92. The number of aryl methyl sites for hydroxylation is 1. The second-order valence-electron chi connectivity index (χ2n) is 3.81. The summed E-state index contributed by atoms with van der Waals surface area (Å²) in [7, 11) is 3.75. The molecular formula is C11H11Br2ClN4. The molecule has 7 heteroatoms. The summed E-state index contributed by atoms with van der Waals surface area (Å²) in [5.74, 6) is 0. The number of rotatable bonds is 3. The lowest BCUT2D eigenvalue weighted by Crippen LogP contribution is -2.21. The number of benzene rings is 1. The Morgan fingerprint density at radius 2 is 2.06 bits per heavy atom. The van der Waals surface area contributed by atoms with E-state index in [2.05, 4.69) is 47.5 Å². The fourth-order valence-corrected chi connectivity index (χ4v) is 3.29. The molecule has 0 saturated heterocycles. The molecule has 18 heavy (non-hydrogen) atoms. The van der Waals surface area contributed by atoms with Crippen LogP contribution in [0.2, 0.25) is 5.02 Å². The first-order valence-corrected chi connectivity index (χ1v) is 7.17. The number of hydrogen-bond donors (Lipinski definition) is 1. The van der Waals surface area contributed by atoms with Gasteiger partial charge >= 0.3 is 0 Å². The molecule has 2 aromatic rings. The molecule has 1 unspecified atom stereocenters. The van der Waals surface area contributed by atoms with Crippen LogP contribution in [-0.2, 0) is 7.05 Å². The van der Waals surface area contributed by atoms with E-state index in [4.69, 9.17) is 11.6 Å². The number of nitrogens with one attached hydrogen (secondary N) is 1. The third-order valence-corrected chi connectivity index (χ3v) is 3.85. The summed E-state index contributed by atoms with van der Waals surface area (Å²) in [6.45, 7) is 0. The fraction of sp³-hybridized carbons (Fsp3) is 0.273. The van der Waals surface area contributed by atoms with Gasteiger partial charge in [0.25, 0.3) is 0 Å². The van der Waals surface area contributed by atoms with Crippen molar-refractivity contribution in [2.45, 2.75) is 6.04 Å². The van der Waals surface area contributed by atoms with Gasteiger partial charge < -0.3 is 5.32 Å². The number of hydrogen-bond acceptors (Lipinski definition) is 3. The van der Waals surface area contributed by atoms with Crippen LogP contribution in [0.25, 0.3) is 0 Å². The van der Waals surface area contributed by atoms with Crippen molar-refractivity contribution in [2.24, 2.45) is 7.05 Å². The largest absolute Gasteiger partial charge is 0.308 e. The van der Waals surface area contributed by atoms with E-state index in [-0.39, 0.29) is 6.04 Å². The topological polar surface area (TPSA) is 42.7 Å². The highest BCUT2D eigenvalue weighted by Crippen LogP contribution is 2.30. The molecule has 0 aliphatic rings. The van der Waals surface area contributed by atoms with Crippen LogP contribution >= 0.6 is 43.5 Å². The summed E-state index contributed by atoms with van der Waals surface area (Å²) >= 11 is 12.9. The van der Waals surface area contributed by atoms with Crippen LogP contribution in [-0.4, -0.2) is 22.0 Å². The Morgan fingerprint density at radius 1 is 1.33 bits per heavy atom. The minimum absolute atomic E-state index is 0.0330. The lowest BCUT2D eigenvalue weighted by atomic mass is 10.0. The van der Waals surface area contributed by atoms with E-state index in [0.717, 1.165) is 20.3 Å². The lowest BCUT2D eigenvalue weighted by molar-refractivity contribution is 0.597. The van der Waals surface area contributed by atoms with Gasteiger partial charge in [-0.05, 0) is 46.7 Å². The molecular weight excluding hydrogens is 383 g/mol. The zero-order chi connectivity index (χ0) is 13.3. The van der Waals surface area contributed by atoms with Crippen molar-refractivity contribution in [2.75, 3.05) is 7.05 Å². The molecule has 1 aromatic heterocycles. The summed E-state index contributed by atoms with van der Waals surface area (Å²) in [5, 5.41) is 11.9. The monoisotopic (exact) mass is 392 g/mol. The highest BCUT2D eigenvalue weighted by Gasteiger charge is 2.21. The lowest BCUT2D eigenvalue weighted by Gasteiger charge is -2.17. The summed E-state index contributed by atoms with van der Waals surface area (Å²) in [5.41, 5.74) is 2.00. The van der Waals surface area contributed by atoms with Crippen molar-refractivity contribution in [1.29, 1.82) is 0 Å². The maximum atomic E-state index is 6.08. The van der Waals surface area contributed by atoms with E-state index >= 15 is 0 Å². The molecule has 0 aliphatic carbocycles. The Labute approximate surface area is 127 Å². The Hall–Kier alpha value is -0.430. The van der Waals surface area contributed by atoms with Gasteiger partial charge in [-0.1, -0.05) is 32.7 Å². The highest BCUT2D eigenvalue weighted by molar-refractivity contribution is 9.10. The minimum atomic E-state index is -0.0330. The Bertz CT molecular complexity index is 530. The van der Waals surface area contributed by atoms with Crippen LogP contribution in [0.3, 0.4) is 0 Å². The number of aromatic nitrogens is 3. The average Bonchev–Trinajstić information content (AvgIpc) is 2.61. The van der Waals surface area contributed by atoms with Gasteiger partial charge in [-0.25, -0.2) is 4.68 Å². The molecule has 1 N–H and O–H groups in total. The van der Waals surface area contributed by atoms with E-state index in [1.807, 2.05) is 32.3 Å². The molecule has 0 spiro atoms. The molecule has 0 bridgehead atoms. The zero-order valence-corrected chi connectivity index (χ0v) is 13.7. The van der Waals surface area contributed by atoms with E-state index in [1.54, 1.807) is 4.68 Å². The van der Waals surface area contributed by atoms with Gasteiger partial charge in [0.2, 0.25) is 0 Å². The van der Waals surface area contributed by atoms with Crippen LogP contribution in [0.15, 0.2) is 27.3 Å². The Kier molecular flexibility index (Phi) is 4.42. The molecule has 2 rings (SSSR count). The van der Waals surface area contributed by atoms with Crippen LogP contribution < -0.4 is 5.32 Å². The van der Waals surface area contributed by atoms with Gasteiger partial charge in [0.1, 0.15) is 0 Å². The molecule has 4 nitrogen and oxygen atoms in total. The summed E-state index contributed by atoms with van der Waals surface area (Å²) < 4.78 is 3.40. The van der Waals surface area contributed by atoms with Gasteiger partial charge in [0.05, 0.1) is 11.7 Å². The molecule has 0 saturated carbocycles. The average molecular weight is 394 g/mol. The standard InChI is InChI=1S/C11H11Br2ClN4/c1-15-9(10-11(13)16-17-18(10)2)6-3-7(12)5-8(14)4-6/h3-5,9,15H,1-2H3. The van der Waals surface area contributed by atoms with E-state index < -0.39 is 0 Å². The van der Waals surface area contributed by atoms with Crippen LogP contribution in [0.1, 0.15) is 17.3 Å². The molecule has 1 heterocycles. The van der Waals surface area contributed by atoms with Gasteiger partial charge in [-0.15, -0.1) is 5.10 Å². The third kappa shape index (κ3) is 2.77. The smallest absolute Gasteiger partial charge is 0.153 e. The van der Waals surface area contributed by atoms with Crippen molar-refractivity contribution in [3.8, 4) is 0 Å². The van der Waals surface area contributed by atoms with Crippen LogP contribution in [0, 0.1) is 0 Å². The Morgan fingerprint density at radius 3 is 2.56 bits per heavy atom. The van der Waals surface area contributed by atoms with Crippen molar-refractivity contribution in [3.63, 3.8) is 0 Å². The summed E-state index contributed by atoms with van der Waals surface area (Å²) in [6, 6.07) is 5.77. The predicted octanol–water partition coefficient (Wildman–Crippen LogP) is 3.30. The maximum absolute atomic E-state index is 6.08. The first-order chi connectivity index (χ1) is 8.52. The molecule has 1 atom stereocenters. The molecule has 0 fully saturated rings. The number of halogens is 3. The van der Waals surface area contributed by atoms with Gasteiger partial charge in [-0.3, -0.25) is 0 Å². The minimum Gasteiger partial charge on any atom is -0.308 e. The predicted molar refractivity (Wildman–Crippen MR) is 78.8 cm³/mol. The Balaban J connectivity index is 2.52. The molecule has 1 aromatic carbocycles. The van der Waals surface area contributed by atoms with Crippen molar-refractivity contribution < 1.29 is 0 Å².